The molecule has 0 spiro atoms. The molecule has 0 saturated carbocycles. The second-order valence-electron chi connectivity index (χ2n) is 17.9. The number of hydrogen-bond donors (Lipinski definition) is 8. The number of aliphatic carboxylic acids is 1. The number of carboxylic acids is 1. The van der Waals surface area contributed by atoms with Crippen LogP contribution >= 0.6 is 0 Å². The quantitative estimate of drug-likeness (QED) is 0.0757. The number of carbonyl (C=O) groups excluding carboxylic acids is 7. The first-order chi connectivity index (χ1) is 29.6. The van der Waals surface area contributed by atoms with E-state index in [9.17, 15) is 48.6 Å². The first-order valence-corrected chi connectivity index (χ1v) is 21.6. The minimum Gasteiger partial charge on any atom is -0.481 e. The van der Waals surface area contributed by atoms with E-state index in [1.807, 2.05) is 20.8 Å². The molecule has 2 aromatic carbocycles. The number of nitrogens with two attached hydrogens (primary N) is 1. The SMILES string of the molecule is CCC(C)(CC(C)(C)C(=O)NCC(C)O)C(=O)N[C@@H](CC(C)C)C(=O)N1CCC[C@H]1C(=O)N[C@@H](Cc1ccccc1)C(=O)N[C@@H](Cc1ccccc1)C(=O)N[C@@H](CC(=O)O)C(N)=O. The Bertz CT molecular complexity index is 1910. The summed E-state index contributed by atoms with van der Waals surface area (Å²) in [6.07, 6.45) is -0.0599. The predicted octanol–water partition coefficient (Wildman–Crippen LogP) is 1.74. The van der Waals surface area contributed by atoms with Crippen molar-refractivity contribution in [3.63, 3.8) is 0 Å². The van der Waals surface area contributed by atoms with Gasteiger partial charge >= 0.3 is 5.97 Å². The first-order valence-electron chi connectivity index (χ1n) is 21.6. The number of amides is 7. The molecule has 17 nitrogen and oxygen atoms in total. The summed E-state index contributed by atoms with van der Waals surface area (Å²) < 4.78 is 0. The molecule has 9 N–H and O–H groups in total. The fourth-order valence-electron chi connectivity index (χ4n) is 7.76. The van der Waals surface area contributed by atoms with E-state index in [4.69, 9.17) is 5.73 Å². The Kier molecular flexibility index (Phi) is 19.3. The summed E-state index contributed by atoms with van der Waals surface area (Å²) in [5.41, 5.74) is 4.65. The average Bonchev–Trinajstić information content (AvgIpc) is 3.72. The molecule has 346 valence electrons. The lowest BCUT2D eigenvalue weighted by atomic mass is 9.71. The standard InChI is InChI=1S/C46H67N7O10/c1-8-46(7,27-45(5,6)43(62)48-26-29(4)54)44(63)52-35(22-28(2)3)42(61)53-21-15-20-36(53)41(60)51-34(24-31-18-13-10-14-19-31)40(59)50-33(23-30-16-11-9-12-17-30)39(58)49-32(38(47)57)25-37(55)56/h9-14,16-19,28-29,32-36,54H,8,15,20-27H2,1-7H3,(H2,47,57)(H,48,62)(H,49,58)(H,50,59)(H,51,60)(H,52,63)(H,55,56)/t29?,32-,33-,34-,35-,36-,46?/m0/s1. The van der Waals surface area contributed by atoms with Crippen LogP contribution in [0.15, 0.2) is 60.7 Å². The zero-order chi connectivity index (χ0) is 47.1. The van der Waals surface area contributed by atoms with Crippen LogP contribution in [0.5, 0.6) is 0 Å². The van der Waals surface area contributed by atoms with Gasteiger partial charge in [0.1, 0.15) is 30.2 Å². The number of nitrogens with one attached hydrogen (secondary N) is 5. The summed E-state index contributed by atoms with van der Waals surface area (Å²) in [6, 6.07) is 11.4. The number of rotatable bonds is 24. The van der Waals surface area contributed by atoms with Gasteiger partial charge in [-0.3, -0.25) is 38.4 Å². The van der Waals surface area contributed by atoms with Gasteiger partial charge in [-0.1, -0.05) is 102 Å². The van der Waals surface area contributed by atoms with Crippen molar-refractivity contribution in [3.05, 3.63) is 71.8 Å². The summed E-state index contributed by atoms with van der Waals surface area (Å²) in [5, 5.41) is 32.5. The van der Waals surface area contributed by atoms with Crippen molar-refractivity contribution in [2.45, 2.75) is 136 Å². The molecule has 3 rings (SSSR count). The summed E-state index contributed by atoms with van der Waals surface area (Å²) >= 11 is 0. The van der Waals surface area contributed by atoms with Crippen LogP contribution in [0.25, 0.3) is 0 Å². The lowest BCUT2D eigenvalue weighted by Gasteiger charge is -2.37. The fourth-order valence-corrected chi connectivity index (χ4v) is 7.76. The Balaban J connectivity index is 1.89. The van der Waals surface area contributed by atoms with Crippen molar-refractivity contribution in [3.8, 4) is 0 Å². The van der Waals surface area contributed by atoms with Crippen LogP contribution in [0.3, 0.4) is 0 Å². The molecule has 17 heteroatoms. The smallest absolute Gasteiger partial charge is 0.305 e. The number of carboxylic acid groups (broad SMARTS) is 1. The Morgan fingerprint density at radius 3 is 1.76 bits per heavy atom. The zero-order valence-corrected chi connectivity index (χ0v) is 37.6. The maximum atomic E-state index is 14.4. The molecule has 0 radical (unpaired) electrons. The highest BCUT2D eigenvalue weighted by atomic mass is 16.4. The monoisotopic (exact) mass is 877 g/mol. The second-order valence-corrected chi connectivity index (χ2v) is 17.9. The third-order valence-electron chi connectivity index (χ3n) is 11.4. The van der Waals surface area contributed by atoms with Gasteiger partial charge in [0.05, 0.1) is 12.5 Å². The number of nitrogens with zero attached hydrogens (tertiary/aromatic N) is 1. The van der Waals surface area contributed by atoms with E-state index >= 15 is 0 Å². The molecule has 1 saturated heterocycles. The summed E-state index contributed by atoms with van der Waals surface area (Å²) in [6.45, 7) is 12.7. The van der Waals surface area contributed by atoms with E-state index in [0.717, 1.165) is 0 Å². The predicted molar refractivity (Wildman–Crippen MR) is 235 cm³/mol. The lowest BCUT2D eigenvalue weighted by Crippen LogP contribution is -2.60. The van der Waals surface area contributed by atoms with E-state index in [1.165, 1.54) is 4.90 Å². The lowest BCUT2D eigenvalue weighted by molar-refractivity contribution is -0.145. The zero-order valence-electron chi connectivity index (χ0n) is 37.6. The highest BCUT2D eigenvalue weighted by Crippen LogP contribution is 2.37. The number of aliphatic hydroxyl groups is 1. The van der Waals surface area contributed by atoms with Crippen molar-refractivity contribution in [2.75, 3.05) is 13.1 Å². The Morgan fingerprint density at radius 2 is 1.29 bits per heavy atom. The molecular formula is C46H67N7O10. The maximum absolute atomic E-state index is 14.4. The van der Waals surface area contributed by atoms with Crippen molar-refractivity contribution in [2.24, 2.45) is 22.5 Å². The van der Waals surface area contributed by atoms with E-state index in [2.05, 4.69) is 26.6 Å². The molecule has 1 aliphatic heterocycles. The van der Waals surface area contributed by atoms with Crippen LogP contribution in [-0.2, 0) is 51.2 Å². The third-order valence-corrected chi connectivity index (χ3v) is 11.4. The molecule has 1 aliphatic rings. The maximum Gasteiger partial charge on any atom is 0.305 e. The summed E-state index contributed by atoms with van der Waals surface area (Å²) in [7, 11) is 0. The number of aliphatic hydroxyl groups excluding tert-OH is 1. The van der Waals surface area contributed by atoms with E-state index < -0.39 is 95.0 Å². The fraction of sp³-hybridized carbons (Fsp3) is 0.565. The van der Waals surface area contributed by atoms with Crippen LogP contribution in [0.4, 0.5) is 0 Å². The first kappa shape index (κ1) is 51.5. The number of hydrogen-bond acceptors (Lipinski definition) is 9. The van der Waals surface area contributed by atoms with E-state index in [-0.39, 0.29) is 57.0 Å². The normalized spacial score (nSPS) is 17.2. The van der Waals surface area contributed by atoms with Gasteiger partial charge < -0.3 is 47.4 Å². The van der Waals surface area contributed by atoms with Gasteiger partial charge in [-0.2, -0.15) is 0 Å². The highest BCUT2D eigenvalue weighted by molar-refractivity contribution is 5.97. The minimum absolute atomic E-state index is 0.00326. The molecular weight excluding hydrogens is 811 g/mol. The molecule has 1 fully saturated rings. The topological polar surface area (TPSA) is 266 Å². The van der Waals surface area contributed by atoms with Gasteiger partial charge in [-0.05, 0) is 56.1 Å². The number of likely N-dealkylation sites (tertiary alicyclic amines) is 1. The van der Waals surface area contributed by atoms with Crippen LogP contribution in [0, 0.1) is 16.7 Å². The van der Waals surface area contributed by atoms with Gasteiger partial charge in [0.15, 0.2) is 0 Å². The van der Waals surface area contributed by atoms with Gasteiger partial charge in [-0.25, -0.2) is 0 Å². The van der Waals surface area contributed by atoms with Crippen molar-refractivity contribution in [1.82, 2.24) is 31.5 Å². The van der Waals surface area contributed by atoms with Gasteiger partial charge in [0.2, 0.25) is 41.4 Å². The molecule has 0 aromatic heterocycles. The highest BCUT2D eigenvalue weighted by Gasteiger charge is 2.44. The molecule has 7 amide bonds. The van der Waals surface area contributed by atoms with Crippen molar-refractivity contribution >= 4 is 47.3 Å². The van der Waals surface area contributed by atoms with Crippen LogP contribution in [-0.4, -0.2) is 112 Å². The van der Waals surface area contributed by atoms with Crippen molar-refractivity contribution < 1.29 is 48.6 Å². The molecule has 0 aliphatic carbocycles. The van der Waals surface area contributed by atoms with Crippen LogP contribution < -0.4 is 32.3 Å². The molecule has 2 unspecified atom stereocenters. The third kappa shape index (κ3) is 15.8. The average molecular weight is 878 g/mol. The van der Waals surface area contributed by atoms with E-state index in [1.54, 1.807) is 88.4 Å². The number of benzene rings is 2. The Hall–Kier alpha value is -5.84. The summed E-state index contributed by atoms with van der Waals surface area (Å²) in [4.78, 5) is 109. The molecule has 7 atom stereocenters. The van der Waals surface area contributed by atoms with Crippen LogP contribution in [0.2, 0.25) is 0 Å². The van der Waals surface area contributed by atoms with Gasteiger partial charge in [0.25, 0.3) is 0 Å². The number of primary amides is 1. The number of carbonyl (C=O) groups is 8. The minimum atomic E-state index is -1.56. The summed E-state index contributed by atoms with van der Waals surface area (Å²) in [5.74, 6) is -5.92. The van der Waals surface area contributed by atoms with Crippen LogP contribution in [0.1, 0.15) is 98.1 Å². The molecule has 1 heterocycles. The largest absolute Gasteiger partial charge is 0.481 e. The van der Waals surface area contributed by atoms with E-state index in [0.29, 0.717) is 24.0 Å². The van der Waals surface area contributed by atoms with Crippen molar-refractivity contribution in [1.29, 1.82) is 0 Å². The Morgan fingerprint density at radius 1 is 0.762 bits per heavy atom. The van der Waals surface area contributed by atoms with Gasteiger partial charge in [-0.15, -0.1) is 0 Å². The molecule has 0 bridgehead atoms. The molecule has 2 aromatic rings. The molecule has 63 heavy (non-hydrogen) atoms. The van der Waals surface area contributed by atoms with Gasteiger partial charge in [0, 0.05) is 36.8 Å². The Labute approximate surface area is 370 Å². The second kappa shape index (κ2) is 23.6.